The molecule has 0 aliphatic heterocycles. The summed E-state index contributed by atoms with van der Waals surface area (Å²) in [5.41, 5.74) is 4.91. The Bertz CT molecular complexity index is 897. The summed E-state index contributed by atoms with van der Waals surface area (Å²) >= 11 is 0. The number of benzene rings is 2. The Morgan fingerprint density at radius 2 is 1.59 bits per heavy atom. The smallest absolute Gasteiger partial charge is 0.319 e. The summed E-state index contributed by atoms with van der Waals surface area (Å²) < 4.78 is 20.1. The molecule has 2 aromatic carbocycles. The van der Waals surface area contributed by atoms with E-state index in [0.717, 1.165) is 0 Å². The van der Waals surface area contributed by atoms with Crippen molar-refractivity contribution in [3.05, 3.63) is 48.3 Å². The average Bonchev–Trinajstić information content (AvgIpc) is 2.57. The van der Waals surface area contributed by atoms with Gasteiger partial charge in [-0.25, -0.2) is 9.18 Å². The number of amides is 3. The minimum absolute atomic E-state index is 0.0232. The van der Waals surface area contributed by atoms with Crippen LogP contribution in [0.1, 0.15) is 41.5 Å². The van der Waals surface area contributed by atoms with Gasteiger partial charge in [0.2, 0.25) is 5.91 Å². The first kappa shape index (κ1) is 22.2. The molecule has 3 N–H and O–H groups in total. The van der Waals surface area contributed by atoms with Gasteiger partial charge in [0.05, 0.1) is 0 Å². The first-order chi connectivity index (χ1) is 13.3. The Balaban J connectivity index is 2.30. The number of hydrogen-bond acceptors (Lipinski definition) is 3. The summed E-state index contributed by atoms with van der Waals surface area (Å²) in [7, 11) is 0. The van der Waals surface area contributed by atoms with Gasteiger partial charge in [0.15, 0.2) is 11.6 Å². The van der Waals surface area contributed by atoms with Gasteiger partial charge in [-0.05, 0) is 57.2 Å². The van der Waals surface area contributed by atoms with Crippen molar-refractivity contribution < 1.29 is 18.7 Å². The van der Waals surface area contributed by atoms with Crippen LogP contribution >= 0.6 is 0 Å². The van der Waals surface area contributed by atoms with E-state index in [-0.39, 0.29) is 17.3 Å². The van der Waals surface area contributed by atoms with Gasteiger partial charge in [-0.3, -0.25) is 9.69 Å². The predicted molar refractivity (Wildman–Crippen MR) is 113 cm³/mol. The number of urea groups is 1. The monoisotopic (exact) mass is 401 g/mol. The third-order valence-electron chi connectivity index (χ3n) is 4.11. The zero-order chi connectivity index (χ0) is 22.0. The molecular weight excluding hydrogens is 373 g/mol. The molecule has 2 rings (SSSR count). The molecule has 0 aromatic heterocycles. The number of hydrogen-bond donors (Lipinski definition) is 2. The van der Waals surface area contributed by atoms with Gasteiger partial charge < -0.3 is 15.8 Å². The molecule has 0 bridgehead atoms. The molecule has 3 amide bonds. The summed E-state index contributed by atoms with van der Waals surface area (Å²) in [6, 6.07) is 10.4. The van der Waals surface area contributed by atoms with Crippen molar-refractivity contribution in [3.63, 3.8) is 0 Å². The lowest BCUT2D eigenvalue weighted by Crippen LogP contribution is -2.48. The molecule has 7 heteroatoms. The van der Waals surface area contributed by atoms with Gasteiger partial charge in [-0.2, -0.15) is 0 Å². The number of halogens is 1. The zero-order valence-electron chi connectivity index (χ0n) is 17.7. The quantitative estimate of drug-likeness (QED) is 0.730. The molecule has 6 nitrogen and oxygen atoms in total. The van der Waals surface area contributed by atoms with E-state index in [9.17, 15) is 14.0 Å². The Labute approximate surface area is 170 Å². The van der Waals surface area contributed by atoms with Crippen LogP contribution in [0.15, 0.2) is 42.5 Å². The van der Waals surface area contributed by atoms with Crippen LogP contribution in [0.5, 0.6) is 11.5 Å². The lowest BCUT2D eigenvalue weighted by atomic mass is 9.95. The molecule has 2 aromatic rings. The number of nitrogens with one attached hydrogen (secondary N) is 1. The highest BCUT2D eigenvalue weighted by molar-refractivity contribution is 5.96. The highest BCUT2D eigenvalue weighted by Gasteiger charge is 2.27. The normalized spacial score (nSPS) is 11.7. The number of ether oxygens (including phenoxy) is 1. The molecule has 0 atom stereocenters. The zero-order valence-corrected chi connectivity index (χ0v) is 17.7. The van der Waals surface area contributed by atoms with Gasteiger partial charge in [0, 0.05) is 16.6 Å². The molecule has 0 saturated heterocycles. The van der Waals surface area contributed by atoms with E-state index in [1.165, 1.54) is 17.0 Å². The Morgan fingerprint density at radius 1 is 1.00 bits per heavy atom. The number of para-hydroxylation sites is 1. The highest BCUT2D eigenvalue weighted by atomic mass is 19.1. The number of anilines is 2. The van der Waals surface area contributed by atoms with E-state index in [1.807, 2.05) is 20.8 Å². The van der Waals surface area contributed by atoms with Gasteiger partial charge in [0.25, 0.3) is 0 Å². The van der Waals surface area contributed by atoms with E-state index in [4.69, 9.17) is 10.5 Å². The van der Waals surface area contributed by atoms with E-state index < -0.39 is 22.8 Å². The summed E-state index contributed by atoms with van der Waals surface area (Å²) in [5, 5.41) is 2.60. The van der Waals surface area contributed by atoms with Crippen molar-refractivity contribution in [3.8, 4) is 11.5 Å². The van der Waals surface area contributed by atoms with Crippen LogP contribution in [-0.2, 0) is 4.79 Å². The molecule has 0 saturated carbocycles. The van der Waals surface area contributed by atoms with Crippen molar-refractivity contribution >= 4 is 23.3 Å². The maximum Gasteiger partial charge on any atom is 0.319 e. The molecule has 0 unspecified atom stereocenters. The Morgan fingerprint density at radius 3 is 2.07 bits per heavy atom. The van der Waals surface area contributed by atoms with E-state index in [0.29, 0.717) is 11.4 Å². The molecule has 29 heavy (non-hydrogen) atoms. The lowest BCUT2D eigenvalue weighted by molar-refractivity contribution is -0.123. The first-order valence-corrected chi connectivity index (χ1v) is 9.28. The maximum absolute atomic E-state index is 14.3. The van der Waals surface area contributed by atoms with Crippen LogP contribution in [0.4, 0.5) is 20.6 Å². The van der Waals surface area contributed by atoms with E-state index >= 15 is 0 Å². The number of carbonyl (C=O) groups is 2. The second kappa shape index (κ2) is 8.11. The van der Waals surface area contributed by atoms with Crippen LogP contribution in [0.3, 0.4) is 0 Å². The highest BCUT2D eigenvalue weighted by Crippen LogP contribution is 2.34. The van der Waals surface area contributed by atoms with Crippen molar-refractivity contribution in [1.82, 2.24) is 0 Å². The van der Waals surface area contributed by atoms with Crippen molar-refractivity contribution in [2.45, 2.75) is 47.1 Å². The minimum Gasteiger partial charge on any atom is -0.455 e. The largest absolute Gasteiger partial charge is 0.455 e. The van der Waals surface area contributed by atoms with Gasteiger partial charge in [-0.15, -0.1) is 0 Å². The Kier molecular flexibility index (Phi) is 6.21. The molecule has 0 spiro atoms. The van der Waals surface area contributed by atoms with Gasteiger partial charge >= 0.3 is 6.03 Å². The van der Waals surface area contributed by atoms with Crippen LogP contribution in [-0.4, -0.2) is 17.5 Å². The van der Waals surface area contributed by atoms with Crippen LogP contribution in [0.25, 0.3) is 0 Å². The number of nitrogens with two attached hydrogens (primary N) is 1. The van der Waals surface area contributed by atoms with Crippen molar-refractivity contribution in [1.29, 1.82) is 0 Å². The fourth-order valence-corrected chi connectivity index (χ4v) is 2.65. The maximum atomic E-state index is 14.3. The molecule has 0 fully saturated rings. The molecule has 156 valence electrons. The summed E-state index contributed by atoms with van der Waals surface area (Å²) in [5.74, 6) is -0.323. The fraction of sp³-hybridized carbons (Fsp3) is 0.364. The summed E-state index contributed by atoms with van der Waals surface area (Å²) in [4.78, 5) is 25.6. The second-order valence-electron chi connectivity index (χ2n) is 8.76. The average molecular weight is 401 g/mol. The molecule has 0 radical (unpaired) electrons. The first-order valence-electron chi connectivity index (χ1n) is 9.28. The fourth-order valence-electron chi connectivity index (χ4n) is 2.65. The van der Waals surface area contributed by atoms with Crippen molar-refractivity contribution in [2.75, 3.05) is 10.2 Å². The second-order valence-corrected chi connectivity index (χ2v) is 8.76. The number of rotatable bonds is 4. The number of carbonyl (C=O) groups excluding carboxylic acids is 2. The number of nitrogens with zero attached hydrogens (tertiary/aromatic N) is 1. The van der Waals surface area contributed by atoms with Crippen LogP contribution in [0, 0.1) is 11.2 Å². The lowest BCUT2D eigenvalue weighted by Gasteiger charge is -2.34. The Hall–Kier alpha value is -3.09. The topological polar surface area (TPSA) is 84.7 Å². The standard InChI is InChI=1S/C22H28FN3O3/c1-21(2,3)19(27)25-18-16(23)8-7-9-17(18)29-15-12-10-14(11-13-15)26(20(24)28)22(4,5)6/h7-13H,1-6H3,(H2,24,28)(H,25,27). The molecule has 0 aliphatic carbocycles. The van der Waals surface area contributed by atoms with Crippen molar-refractivity contribution in [2.24, 2.45) is 11.1 Å². The SMILES string of the molecule is CC(C)(C)C(=O)Nc1c(F)cccc1Oc1ccc(N(C(N)=O)C(C)(C)C)cc1. The summed E-state index contributed by atoms with van der Waals surface area (Å²) in [6.45, 7) is 10.8. The van der Waals surface area contributed by atoms with Crippen LogP contribution < -0.4 is 20.7 Å². The summed E-state index contributed by atoms with van der Waals surface area (Å²) in [6.07, 6.45) is 0. The van der Waals surface area contributed by atoms with E-state index in [1.54, 1.807) is 51.1 Å². The van der Waals surface area contributed by atoms with Crippen LogP contribution in [0.2, 0.25) is 0 Å². The number of primary amides is 1. The third kappa shape index (κ3) is 5.47. The molecule has 0 aliphatic rings. The third-order valence-corrected chi connectivity index (χ3v) is 4.11. The molecule has 0 heterocycles. The minimum atomic E-state index is -0.688. The van der Waals surface area contributed by atoms with Gasteiger partial charge in [0.1, 0.15) is 11.4 Å². The predicted octanol–water partition coefficient (Wildman–Crippen LogP) is 5.29. The van der Waals surface area contributed by atoms with E-state index in [2.05, 4.69) is 5.32 Å². The molecular formula is C22H28FN3O3. The van der Waals surface area contributed by atoms with Gasteiger partial charge in [-0.1, -0.05) is 26.8 Å².